The van der Waals surface area contributed by atoms with E-state index in [1.165, 1.54) is 0 Å². The lowest BCUT2D eigenvalue weighted by molar-refractivity contribution is -0.137. The van der Waals surface area contributed by atoms with E-state index in [2.05, 4.69) is 10.3 Å². The van der Waals surface area contributed by atoms with Gasteiger partial charge in [-0.15, -0.1) is 0 Å². The molecule has 0 spiro atoms. The number of carbonyl (C=O) groups is 2. The minimum Gasteiger partial charge on any atom is -0.494 e. The first-order valence-corrected chi connectivity index (χ1v) is 9.59. The summed E-state index contributed by atoms with van der Waals surface area (Å²) in [6, 6.07) is 17.8. The Kier molecular flexibility index (Phi) is 6.47. The van der Waals surface area contributed by atoms with Crippen LogP contribution in [0.4, 0.5) is 0 Å². The number of pyridine rings is 1. The second kappa shape index (κ2) is 9.22. The van der Waals surface area contributed by atoms with E-state index in [4.69, 9.17) is 4.74 Å². The normalized spacial score (nSPS) is 11.6. The third-order valence-electron chi connectivity index (χ3n) is 4.85. The van der Waals surface area contributed by atoms with Crippen molar-refractivity contribution in [3.05, 3.63) is 83.0 Å². The van der Waals surface area contributed by atoms with Gasteiger partial charge in [-0.1, -0.05) is 48.0 Å². The van der Waals surface area contributed by atoms with E-state index in [-0.39, 0.29) is 12.1 Å². The number of hydrogen-bond acceptors (Lipinski definition) is 4. The number of aryl methyl sites for hydroxylation is 2. The predicted octanol–water partition coefficient (Wildman–Crippen LogP) is 4.32. The van der Waals surface area contributed by atoms with Crippen molar-refractivity contribution in [1.29, 1.82) is 0 Å². The van der Waals surface area contributed by atoms with Gasteiger partial charge in [0.05, 0.1) is 19.6 Å². The summed E-state index contributed by atoms with van der Waals surface area (Å²) in [5.74, 6) is -0.883. The van der Waals surface area contributed by atoms with Gasteiger partial charge in [0.1, 0.15) is 17.1 Å². The van der Waals surface area contributed by atoms with Gasteiger partial charge in [0, 0.05) is 5.56 Å². The minimum absolute atomic E-state index is 0.191. The zero-order chi connectivity index (χ0) is 21.7. The molecule has 1 heterocycles. The lowest BCUT2D eigenvalue weighted by Gasteiger charge is -2.19. The molecule has 0 aliphatic rings. The molecule has 0 aliphatic heterocycles. The Labute approximate surface area is 175 Å². The first kappa shape index (κ1) is 21.0. The number of carboxylic acids is 1. The number of benzene rings is 2. The van der Waals surface area contributed by atoms with Crippen molar-refractivity contribution in [2.45, 2.75) is 26.3 Å². The SMILES string of the molecule is COc1ccc(C(=O)N[C@@H](CC(=O)O)c2ccccc2C)nc1-c1cccc(C)c1. The number of carboxylic acid groups (broad SMARTS) is 1. The number of rotatable bonds is 7. The van der Waals surface area contributed by atoms with Gasteiger partial charge in [-0.3, -0.25) is 9.59 Å². The summed E-state index contributed by atoms with van der Waals surface area (Å²) in [6.07, 6.45) is -0.225. The standard InChI is InChI=1S/C24H24N2O4/c1-15-7-6-9-17(13-15)23-21(30-3)12-11-19(25-23)24(29)26-20(14-22(27)28)18-10-5-4-8-16(18)2/h4-13,20H,14H2,1-3H3,(H,26,29)(H,27,28)/t20-/m0/s1. The van der Waals surface area contributed by atoms with Crippen LogP contribution in [0.15, 0.2) is 60.7 Å². The van der Waals surface area contributed by atoms with Crippen molar-refractivity contribution in [3.8, 4) is 17.0 Å². The molecule has 0 fully saturated rings. The highest BCUT2D eigenvalue weighted by Gasteiger charge is 2.22. The molecule has 1 aromatic heterocycles. The van der Waals surface area contributed by atoms with E-state index in [0.29, 0.717) is 11.4 Å². The highest BCUT2D eigenvalue weighted by Crippen LogP contribution is 2.29. The Hall–Kier alpha value is -3.67. The smallest absolute Gasteiger partial charge is 0.305 e. The summed E-state index contributed by atoms with van der Waals surface area (Å²) in [7, 11) is 1.55. The molecule has 3 rings (SSSR count). The van der Waals surface area contributed by atoms with Crippen molar-refractivity contribution in [2.24, 2.45) is 0 Å². The Bertz CT molecular complexity index is 1080. The number of nitrogens with one attached hydrogen (secondary N) is 1. The monoisotopic (exact) mass is 404 g/mol. The predicted molar refractivity (Wildman–Crippen MR) is 115 cm³/mol. The number of hydrogen-bond donors (Lipinski definition) is 2. The third kappa shape index (κ3) is 4.84. The molecule has 1 amide bonds. The quantitative estimate of drug-likeness (QED) is 0.612. The molecule has 0 aliphatic carbocycles. The molecule has 2 aromatic carbocycles. The van der Waals surface area contributed by atoms with Crippen molar-refractivity contribution in [1.82, 2.24) is 10.3 Å². The molecule has 3 aromatic rings. The van der Waals surface area contributed by atoms with E-state index >= 15 is 0 Å². The number of aliphatic carboxylic acids is 1. The van der Waals surface area contributed by atoms with E-state index in [1.54, 1.807) is 19.2 Å². The van der Waals surface area contributed by atoms with Crippen LogP contribution in [-0.2, 0) is 4.79 Å². The second-order valence-electron chi connectivity index (χ2n) is 7.10. The first-order chi connectivity index (χ1) is 14.4. The Morgan fingerprint density at radius 2 is 1.83 bits per heavy atom. The number of amides is 1. The first-order valence-electron chi connectivity index (χ1n) is 9.59. The maximum absolute atomic E-state index is 13.0. The molecule has 6 heteroatoms. The topological polar surface area (TPSA) is 88.5 Å². The average Bonchev–Trinajstić information content (AvgIpc) is 2.72. The molecule has 154 valence electrons. The lowest BCUT2D eigenvalue weighted by atomic mass is 9.98. The zero-order valence-electron chi connectivity index (χ0n) is 17.2. The summed E-state index contributed by atoms with van der Waals surface area (Å²) in [5.41, 5.74) is 4.32. The van der Waals surface area contributed by atoms with Crippen molar-refractivity contribution in [2.75, 3.05) is 7.11 Å². The van der Waals surface area contributed by atoms with Crippen molar-refractivity contribution < 1.29 is 19.4 Å². The zero-order valence-corrected chi connectivity index (χ0v) is 17.2. The maximum atomic E-state index is 13.0. The average molecular weight is 404 g/mol. The van der Waals surface area contributed by atoms with Crippen LogP contribution < -0.4 is 10.1 Å². The number of methoxy groups -OCH3 is 1. The van der Waals surface area contributed by atoms with Crippen LogP contribution >= 0.6 is 0 Å². The maximum Gasteiger partial charge on any atom is 0.305 e. The van der Waals surface area contributed by atoms with Crippen LogP contribution in [0.2, 0.25) is 0 Å². The van der Waals surface area contributed by atoms with E-state index in [0.717, 1.165) is 22.3 Å². The Balaban J connectivity index is 1.94. The van der Waals surface area contributed by atoms with E-state index in [9.17, 15) is 14.7 Å². The fraction of sp³-hybridized carbons (Fsp3) is 0.208. The summed E-state index contributed by atoms with van der Waals surface area (Å²) in [6.45, 7) is 3.86. The third-order valence-corrected chi connectivity index (χ3v) is 4.85. The van der Waals surface area contributed by atoms with Gasteiger partial charge in [0.15, 0.2) is 0 Å². The van der Waals surface area contributed by atoms with Gasteiger partial charge in [-0.05, 0) is 43.2 Å². The van der Waals surface area contributed by atoms with Crippen molar-refractivity contribution in [3.63, 3.8) is 0 Å². The summed E-state index contributed by atoms with van der Waals surface area (Å²) in [4.78, 5) is 28.9. The van der Waals surface area contributed by atoms with Crippen LogP contribution in [0.5, 0.6) is 5.75 Å². The fourth-order valence-electron chi connectivity index (χ4n) is 3.36. The van der Waals surface area contributed by atoms with Crippen molar-refractivity contribution >= 4 is 11.9 Å². The van der Waals surface area contributed by atoms with Gasteiger partial charge in [-0.2, -0.15) is 0 Å². The molecular formula is C24H24N2O4. The molecule has 6 nitrogen and oxygen atoms in total. The van der Waals surface area contributed by atoms with Crippen LogP contribution in [0.25, 0.3) is 11.3 Å². The Morgan fingerprint density at radius 1 is 1.07 bits per heavy atom. The number of aromatic nitrogens is 1. The van der Waals surface area contributed by atoms with E-state index < -0.39 is 17.9 Å². The van der Waals surface area contributed by atoms with Crippen LogP contribution in [0, 0.1) is 13.8 Å². The molecule has 0 saturated heterocycles. The molecular weight excluding hydrogens is 380 g/mol. The number of ether oxygens (including phenoxy) is 1. The van der Waals surface area contributed by atoms with Crippen LogP contribution in [0.3, 0.4) is 0 Å². The van der Waals surface area contributed by atoms with Gasteiger partial charge in [0.2, 0.25) is 0 Å². The molecule has 1 atom stereocenters. The number of nitrogens with zero attached hydrogens (tertiary/aromatic N) is 1. The molecule has 30 heavy (non-hydrogen) atoms. The lowest BCUT2D eigenvalue weighted by Crippen LogP contribution is -2.31. The van der Waals surface area contributed by atoms with E-state index in [1.807, 2.05) is 62.4 Å². The highest BCUT2D eigenvalue weighted by atomic mass is 16.5. The van der Waals surface area contributed by atoms with Gasteiger partial charge >= 0.3 is 5.97 Å². The fourth-order valence-corrected chi connectivity index (χ4v) is 3.36. The summed E-state index contributed by atoms with van der Waals surface area (Å²) in [5, 5.41) is 12.1. The highest BCUT2D eigenvalue weighted by molar-refractivity contribution is 5.93. The molecule has 2 N–H and O–H groups in total. The molecule has 0 unspecified atom stereocenters. The Morgan fingerprint density at radius 3 is 2.50 bits per heavy atom. The van der Waals surface area contributed by atoms with Gasteiger partial charge in [0.25, 0.3) is 5.91 Å². The molecule has 0 bridgehead atoms. The molecule has 0 saturated carbocycles. The van der Waals surface area contributed by atoms with Crippen LogP contribution in [-0.4, -0.2) is 29.1 Å². The summed E-state index contributed by atoms with van der Waals surface area (Å²) < 4.78 is 5.42. The second-order valence-corrected chi connectivity index (χ2v) is 7.10. The largest absolute Gasteiger partial charge is 0.494 e. The minimum atomic E-state index is -0.994. The van der Waals surface area contributed by atoms with Gasteiger partial charge < -0.3 is 15.2 Å². The molecule has 0 radical (unpaired) electrons. The number of carbonyl (C=O) groups excluding carboxylic acids is 1. The van der Waals surface area contributed by atoms with Gasteiger partial charge in [-0.25, -0.2) is 4.98 Å². The van der Waals surface area contributed by atoms with Crippen LogP contribution in [0.1, 0.15) is 39.6 Å². The summed E-state index contributed by atoms with van der Waals surface area (Å²) >= 11 is 0.